The number of anilines is 1. The summed E-state index contributed by atoms with van der Waals surface area (Å²) in [6, 6.07) is 25.5. The second-order valence-electron chi connectivity index (χ2n) is 9.06. The molecule has 0 saturated carbocycles. The third-order valence-corrected chi connectivity index (χ3v) is 5.94. The molecule has 1 aliphatic rings. The minimum absolute atomic E-state index is 0.0929. The van der Waals surface area contributed by atoms with E-state index in [9.17, 15) is 4.79 Å². The number of hydrazone groups is 1. The highest BCUT2D eigenvalue weighted by molar-refractivity contribution is 6.32. The van der Waals surface area contributed by atoms with Crippen LogP contribution in [0, 0.1) is 6.92 Å². The SMILES string of the molecule is CC1=NN(c2ccccc2)C(=O)/C1=C/c1cn(-c2ccccc2)nc1-c1ccc(OC(C)C)c(C)c1. The standard InChI is InChI=1S/C30H28N4O2/c1-20(2)36-28-16-15-23(17-21(28)3)29-24(19-33(32-29)25-11-7-5-8-12-25)18-27-22(4)31-34(30(27)35)26-13-9-6-10-14-26/h5-20H,1-4H3/b27-18+. The Morgan fingerprint density at radius 1 is 0.889 bits per heavy atom. The van der Waals surface area contributed by atoms with Gasteiger partial charge < -0.3 is 4.74 Å². The summed E-state index contributed by atoms with van der Waals surface area (Å²) in [5.74, 6) is 0.692. The molecule has 180 valence electrons. The molecule has 4 aromatic rings. The lowest BCUT2D eigenvalue weighted by Gasteiger charge is -2.13. The summed E-state index contributed by atoms with van der Waals surface area (Å²) in [6.07, 6.45) is 3.94. The van der Waals surface area contributed by atoms with Crippen LogP contribution in [0.2, 0.25) is 0 Å². The van der Waals surface area contributed by atoms with Gasteiger partial charge in [-0.15, -0.1) is 0 Å². The summed E-state index contributed by atoms with van der Waals surface area (Å²) in [4.78, 5) is 13.3. The van der Waals surface area contributed by atoms with E-state index < -0.39 is 0 Å². The summed E-state index contributed by atoms with van der Waals surface area (Å²) in [5.41, 5.74) is 6.48. The van der Waals surface area contributed by atoms with Crippen LogP contribution in [-0.4, -0.2) is 27.5 Å². The van der Waals surface area contributed by atoms with Crippen LogP contribution in [-0.2, 0) is 4.79 Å². The molecule has 2 heterocycles. The minimum Gasteiger partial charge on any atom is -0.491 e. The fourth-order valence-electron chi connectivity index (χ4n) is 4.20. The van der Waals surface area contributed by atoms with Gasteiger partial charge in [0, 0.05) is 17.3 Å². The third kappa shape index (κ3) is 4.58. The van der Waals surface area contributed by atoms with Crippen molar-refractivity contribution in [1.82, 2.24) is 9.78 Å². The van der Waals surface area contributed by atoms with E-state index in [1.807, 2.05) is 117 Å². The molecule has 1 aliphatic heterocycles. The average Bonchev–Trinajstić information content (AvgIpc) is 3.43. The van der Waals surface area contributed by atoms with Crippen molar-refractivity contribution in [3.63, 3.8) is 0 Å². The third-order valence-electron chi connectivity index (χ3n) is 5.94. The summed E-state index contributed by atoms with van der Waals surface area (Å²) >= 11 is 0. The van der Waals surface area contributed by atoms with Crippen molar-refractivity contribution in [1.29, 1.82) is 0 Å². The summed E-state index contributed by atoms with van der Waals surface area (Å²) < 4.78 is 7.77. The highest BCUT2D eigenvalue weighted by Crippen LogP contribution is 2.32. The predicted octanol–water partition coefficient (Wildman–Crippen LogP) is 6.44. The molecule has 6 nitrogen and oxygen atoms in total. The van der Waals surface area contributed by atoms with Gasteiger partial charge in [0.15, 0.2) is 0 Å². The van der Waals surface area contributed by atoms with Crippen molar-refractivity contribution in [2.45, 2.75) is 33.8 Å². The van der Waals surface area contributed by atoms with E-state index in [0.29, 0.717) is 11.3 Å². The van der Waals surface area contributed by atoms with Crippen molar-refractivity contribution in [2.75, 3.05) is 5.01 Å². The molecule has 5 rings (SSSR count). The minimum atomic E-state index is -0.158. The summed E-state index contributed by atoms with van der Waals surface area (Å²) in [6.45, 7) is 7.92. The first-order valence-corrected chi connectivity index (χ1v) is 12.0. The number of carbonyl (C=O) groups excluding carboxylic acids is 1. The highest BCUT2D eigenvalue weighted by atomic mass is 16.5. The van der Waals surface area contributed by atoms with Crippen LogP contribution in [0.25, 0.3) is 23.0 Å². The van der Waals surface area contributed by atoms with Crippen LogP contribution in [0.1, 0.15) is 31.9 Å². The largest absolute Gasteiger partial charge is 0.491 e. The van der Waals surface area contributed by atoms with Crippen LogP contribution >= 0.6 is 0 Å². The van der Waals surface area contributed by atoms with Crippen LogP contribution < -0.4 is 9.75 Å². The van der Waals surface area contributed by atoms with Gasteiger partial charge in [-0.25, -0.2) is 4.68 Å². The number of benzene rings is 3. The monoisotopic (exact) mass is 476 g/mol. The molecule has 6 heteroatoms. The van der Waals surface area contributed by atoms with Crippen LogP contribution in [0.4, 0.5) is 5.69 Å². The molecule has 36 heavy (non-hydrogen) atoms. The number of amides is 1. The maximum atomic E-state index is 13.3. The zero-order chi connectivity index (χ0) is 25.2. The first kappa shape index (κ1) is 23.3. The molecule has 1 aromatic heterocycles. The van der Waals surface area contributed by atoms with Crippen molar-refractivity contribution in [3.8, 4) is 22.7 Å². The fourth-order valence-corrected chi connectivity index (χ4v) is 4.20. The van der Waals surface area contributed by atoms with Gasteiger partial charge in [0.1, 0.15) is 5.75 Å². The Hall–Kier alpha value is -4.45. The Morgan fingerprint density at radius 3 is 2.19 bits per heavy atom. The zero-order valence-electron chi connectivity index (χ0n) is 20.8. The molecule has 0 atom stereocenters. The highest BCUT2D eigenvalue weighted by Gasteiger charge is 2.29. The van der Waals surface area contributed by atoms with Crippen molar-refractivity contribution in [3.05, 3.63) is 102 Å². The van der Waals surface area contributed by atoms with Crippen molar-refractivity contribution in [2.24, 2.45) is 5.10 Å². The first-order chi connectivity index (χ1) is 17.4. The van der Waals surface area contributed by atoms with E-state index in [1.54, 1.807) is 0 Å². The zero-order valence-corrected chi connectivity index (χ0v) is 20.8. The number of aryl methyl sites for hydroxylation is 1. The Labute approximate surface area is 211 Å². The smallest absolute Gasteiger partial charge is 0.280 e. The van der Waals surface area contributed by atoms with E-state index in [0.717, 1.165) is 39.5 Å². The van der Waals surface area contributed by atoms with Gasteiger partial charge in [-0.05, 0) is 81.8 Å². The Kier molecular flexibility index (Phi) is 6.25. The van der Waals surface area contributed by atoms with Gasteiger partial charge in [0.05, 0.1) is 34.5 Å². The van der Waals surface area contributed by atoms with Crippen molar-refractivity contribution < 1.29 is 9.53 Å². The molecule has 3 aromatic carbocycles. The Bertz CT molecular complexity index is 1470. The molecule has 0 saturated heterocycles. The maximum Gasteiger partial charge on any atom is 0.280 e. The lowest BCUT2D eigenvalue weighted by Crippen LogP contribution is -2.21. The number of carbonyl (C=O) groups is 1. The van der Waals surface area contributed by atoms with Crippen molar-refractivity contribution >= 4 is 23.4 Å². The lowest BCUT2D eigenvalue weighted by atomic mass is 10.0. The molecular weight excluding hydrogens is 448 g/mol. The fraction of sp³-hybridized carbons (Fsp3) is 0.167. The maximum absolute atomic E-state index is 13.3. The van der Waals surface area contributed by atoms with Gasteiger partial charge in [0.25, 0.3) is 5.91 Å². The lowest BCUT2D eigenvalue weighted by molar-refractivity contribution is -0.114. The average molecular weight is 477 g/mol. The summed E-state index contributed by atoms with van der Waals surface area (Å²) in [7, 11) is 0. The van der Waals surface area contributed by atoms with Crippen LogP contribution in [0.15, 0.2) is 95.7 Å². The number of para-hydroxylation sites is 2. The number of nitrogens with zero attached hydrogens (tertiary/aromatic N) is 4. The number of rotatable bonds is 6. The van der Waals surface area contributed by atoms with Gasteiger partial charge in [-0.1, -0.05) is 36.4 Å². The molecule has 0 spiro atoms. The first-order valence-electron chi connectivity index (χ1n) is 12.0. The number of hydrogen-bond donors (Lipinski definition) is 0. The van der Waals surface area contributed by atoms with Gasteiger partial charge >= 0.3 is 0 Å². The quantitative estimate of drug-likeness (QED) is 0.301. The molecule has 0 N–H and O–H groups in total. The molecule has 0 aliphatic carbocycles. The second kappa shape index (κ2) is 9.66. The van der Waals surface area contributed by atoms with Gasteiger partial charge in [-0.2, -0.15) is 15.2 Å². The molecule has 0 fully saturated rings. The number of ether oxygens (including phenoxy) is 1. The molecule has 0 bridgehead atoms. The van der Waals surface area contributed by atoms with E-state index in [-0.39, 0.29) is 12.0 Å². The van der Waals surface area contributed by atoms with Crippen LogP contribution in [0.3, 0.4) is 0 Å². The van der Waals surface area contributed by atoms with Crippen LogP contribution in [0.5, 0.6) is 5.75 Å². The van der Waals surface area contributed by atoms with E-state index in [2.05, 4.69) is 11.2 Å². The van der Waals surface area contributed by atoms with Gasteiger partial charge in [-0.3, -0.25) is 4.79 Å². The van der Waals surface area contributed by atoms with Gasteiger partial charge in [0.2, 0.25) is 0 Å². The topological polar surface area (TPSA) is 59.7 Å². The molecule has 0 radical (unpaired) electrons. The summed E-state index contributed by atoms with van der Waals surface area (Å²) in [5, 5.41) is 10.9. The van der Waals surface area contributed by atoms with E-state index in [4.69, 9.17) is 9.84 Å². The van der Waals surface area contributed by atoms with E-state index >= 15 is 0 Å². The molecule has 0 unspecified atom stereocenters. The van der Waals surface area contributed by atoms with E-state index in [1.165, 1.54) is 5.01 Å². The Balaban J connectivity index is 1.59. The normalized spacial score (nSPS) is 14.6. The molecular formula is C30H28N4O2. The predicted molar refractivity (Wildman–Crippen MR) is 145 cm³/mol. The second-order valence-corrected chi connectivity index (χ2v) is 9.06. The number of hydrogen-bond acceptors (Lipinski definition) is 4. The number of aromatic nitrogens is 2. The Morgan fingerprint density at radius 2 is 1.56 bits per heavy atom. The molecule has 1 amide bonds.